The van der Waals surface area contributed by atoms with Crippen LogP contribution in [0.4, 0.5) is 4.39 Å². The Morgan fingerprint density at radius 2 is 1.38 bits per heavy atom. The highest BCUT2D eigenvalue weighted by Gasteiger charge is 2.26. The molecule has 0 saturated carbocycles. The maximum atomic E-state index is 12.9. The van der Waals surface area contributed by atoms with Crippen LogP contribution in [0.1, 0.15) is 18.4 Å². The molecule has 1 aliphatic heterocycles. The summed E-state index contributed by atoms with van der Waals surface area (Å²) in [6, 6.07) is 10.6. The Bertz CT molecular complexity index is 966. The predicted octanol–water partition coefficient (Wildman–Crippen LogP) is 2.09. The first-order valence-corrected chi connectivity index (χ1v) is 11.1. The van der Waals surface area contributed by atoms with Gasteiger partial charge in [-0.15, -0.1) is 0 Å². The van der Waals surface area contributed by atoms with Crippen molar-refractivity contribution >= 4 is 20.0 Å². The number of rotatable bonds is 6. The van der Waals surface area contributed by atoms with Gasteiger partial charge < -0.3 is 0 Å². The van der Waals surface area contributed by atoms with Gasteiger partial charge in [0.1, 0.15) is 5.82 Å². The lowest BCUT2D eigenvalue weighted by Gasteiger charge is -2.15. The lowest BCUT2D eigenvalue weighted by molar-refractivity contribution is 0.477. The quantitative estimate of drug-likeness (QED) is 0.808. The Morgan fingerprint density at radius 1 is 0.846 bits per heavy atom. The van der Waals surface area contributed by atoms with E-state index in [-0.39, 0.29) is 16.3 Å². The molecule has 2 aromatic carbocycles. The van der Waals surface area contributed by atoms with Crippen LogP contribution in [-0.4, -0.2) is 34.2 Å². The minimum Gasteiger partial charge on any atom is -0.207 e. The van der Waals surface area contributed by atoms with E-state index >= 15 is 0 Å². The number of nitrogens with zero attached hydrogens (tertiary/aromatic N) is 1. The van der Waals surface area contributed by atoms with Crippen LogP contribution in [0.15, 0.2) is 58.3 Å². The zero-order valence-electron chi connectivity index (χ0n) is 13.9. The van der Waals surface area contributed by atoms with E-state index in [1.54, 1.807) is 12.1 Å². The fourth-order valence-corrected chi connectivity index (χ4v) is 5.27. The number of hydrogen-bond acceptors (Lipinski definition) is 4. The number of nitrogens with one attached hydrogen (secondary N) is 1. The van der Waals surface area contributed by atoms with E-state index in [0.29, 0.717) is 18.7 Å². The Morgan fingerprint density at radius 3 is 1.96 bits per heavy atom. The van der Waals surface area contributed by atoms with Crippen molar-refractivity contribution in [3.05, 3.63) is 59.9 Å². The smallest absolute Gasteiger partial charge is 0.207 e. The van der Waals surface area contributed by atoms with Crippen LogP contribution >= 0.6 is 0 Å². The predicted molar refractivity (Wildman–Crippen MR) is 94.9 cm³/mol. The van der Waals surface area contributed by atoms with Crippen LogP contribution in [0.3, 0.4) is 0 Å². The molecule has 0 radical (unpaired) electrons. The molecule has 1 saturated heterocycles. The molecule has 0 aliphatic carbocycles. The normalized spacial score (nSPS) is 16.0. The largest absolute Gasteiger partial charge is 0.243 e. The van der Waals surface area contributed by atoms with Crippen molar-refractivity contribution in [2.24, 2.45) is 0 Å². The number of sulfonamides is 2. The SMILES string of the molecule is O=S(=O)(NCc1ccc(S(=O)(=O)N2CCCC2)cc1)c1ccc(F)cc1. The molecule has 0 amide bonds. The maximum absolute atomic E-state index is 12.9. The van der Waals surface area contributed by atoms with Crippen LogP contribution in [0.5, 0.6) is 0 Å². The maximum Gasteiger partial charge on any atom is 0.243 e. The third-order valence-corrected chi connectivity index (χ3v) is 7.55. The molecule has 0 aromatic heterocycles. The van der Waals surface area contributed by atoms with Crippen LogP contribution in [-0.2, 0) is 26.6 Å². The molecule has 1 aliphatic rings. The summed E-state index contributed by atoms with van der Waals surface area (Å²) in [6.07, 6.45) is 1.73. The lowest BCUT2D eigenvalue weighted by Crippen LogP contribution is -2.28. The van der Waals surface area contributed by atoms with Gasteiger partial charge in [-0.2, -0.15) is 4.31 Å². The van der Waals surface area contributed by atoms with Gasteiger partial charge in [0.25, 0.3) is 0 Å². The van der Waals surface area contributed by atoms with Gasteiger partial charge in [-0.3, -0.25) is 0 Å². The number of halogens is 1. The van der Waals surface area contributed by atoms with Gasteiger partial charge in [0, 0.05) is 19.6 Å². The van der Waals surface area contributed by atoms with Gasteiger partial charge >= 0.3 is 0 Å². The van der Waals surface area contributed by atoms with Crippen LogP contribution in [0.25, 0.3) is 0 Å². The average Bonchev–Trinajstić information content (AvgIpc) is 3.16. The van der Waals surface area contributed by atoms with E-state index < -0.39 is 25.9 Å². The molecule has 0 unspecified atom stereocenters. The first kappa shape index (κ1) is 19.0. The molecule has 1 heterocycles. The summed E-state index contributed by atoms with van der Waals surface area (Å²) in [6.45, 7) is 1.06. The van der Waals surface area contributed by atoms with E-state index in [0.717, 1.165) is 25.0 Å². The monoisotopic (exact) mass is 398 g/mol. The Hall–Kier alpha value is -1.81. The zero-order valence-corrected chi connectivity index (χ0v) is 15.6. The summed E-state index contributed by atoms with van der Waals surface area (Å²) in [5, 5.41) is 0. The van der Waals surface area contributed by atoms with E-state index in [4.69, 9.17) is 0 Å². The van der Waals surface area contributed by atoms with Gasteiger partial charge in [0.05, 0.1) is 9.79 Å². The van der Waals surface area contributed by atoms with E-state index in [2.05, 4.69) is 4.72 Å². The molecule has 1 N–H and O–H groups in total. The molecule has 2 aromatic rings. The van der Waals surface area contributed by atoms with Gasteiger partial charge in [0.2, 0.25) is 20.0 Å². The van der Waals surface area contributed by atoms with E-state index in [1.165, 1.54) is 28.6 Å². The molecule has 0 spiro atoms. The Balaban J connectivity index is 1.69. The van der Waals surface area contributed by atoms with Gasteiger partial charge in [-0.1, -0.05) is 12.1 Å². The molecular formula is C17H19FN2O4S2. The minimum absolute atomic E-state index is 0.00372. The van der Waals surface area contributed by atoms with Gasteiger partial charge in [-0.05, 0) is 54.8 Å². The summed E-state index contributed by atoms with van der Waals surface area (Å²) < 4.78 is 66.1. The van der Waals surface area contributed by atoms with Crippen molar-refractivity contribution in [3.8, 4) is 0 Å². The molecule has 1 fully saturated rings. The minimum atomic E-state index is -3.77. The molecule has 0 atom stereocenters. The van der Waals surface area contributed by atoms with Crippen LogP contribution in [0, 0.1) is 5.82 Å². The number of hydrogen-bond donors (Lipinski definition) is 1. The highest BCUT2D eigenvalue weighted by molar-refractivity contribution is 7.89. The van der Waals surface area contributed by atoms with Crippen LogP contribution < -0.4 is 4.72 Å². The first-order valence-electron chi connectivity index (χ1n) is 8.13. The first-order chi connectivity index (χ1) is 12.3. The highest BCUT2D eigenvalue weighted by atomic mass is 32.2. The van der Waals surface area contributed by atoms with Gasteiger partial charge in [-0.25, -0.2) is 25.9 Å². The molecule has 140 valence electrons. The summed E-state index contributed by atoms with van der Waals surface area (Å²) in [5.41, 5.74) is 0.621. The van der Waals surface area contributed by atoms with Crippen molar-refractivity contribution in [1.29, 1.82) is 0 Å². The van der Waals surface area contributed by atoms with E-state index in [9.17, 15) is 21.2 Å². The second-order valence-electron chi connectivity index (χ2n) is 6.03. The van der Waals surface area contributed by atoms with Crippen LogP contribution in [0.2, 0.25) is 0 Å². The summed E-state index contributed by atoms with van der Waals surface area (Å²) in [7, 11) is -7.26. The van der Waals surface area contributed by atoms with Gasteiger partial charge in [0.15, 0.2) is 0 Å². The fraction of sp³-hybridized carbons (Fsp3) is 0.294. The van der Waals surface area contributed by atoms with Crippen molar-refractivity contribution < 1.29 is 21.2 Å². The highest BCUT2D eigenvalue weighted by Crippen LogP contribution is 2.21. The van der Waals surface area contributed by atoms with Crippen molar-refractivity contribution in [2.75, 3.05) is 13.1 Å². The second-order valence-corrected chi connectivity index (χ2v) is 9.74. The summed E-state index contributed by atoms with van der Waals surface area (Å²) in [5.74, 6) is -0.515. The third kappa shape index (κ3) is 4.12. The number of benzene rings is 2. The zero-order chi connectivity index (χ0) is 18.8. The summed E-state index contributed by atoms with van der Waals surface area (Å²) >= 11 is 0. The third-order valence-electron chi connectivity index (χ3n) is 4.22. The topological polar surface area (TPSA) is 83.5 Å². The summed E-state index contributed by atoms with van der Waals surface area (Å²) in [4.78, 5) is 0.164. The molecule has 0 bridgehead atoms. The van der Waals surface area contributed by atoms with E-state index in [1.807, 2.05) is 0 Å². The Labute approximate surface area is 152 Å². The van der Waals surface area contributed by atoms with Crippen molar-refractivity contribution in [3.63, 3.8) is 0 Å². The average molecular weight is 398 g/mol. The fourth-order valence-electron chi connectivity index (χ4n) is 2.73. The lowest BCUT2D eigenvalue weighted by atomic mass is 10.2. The Kier molecular flexibility index (Phi) is 5.42. The second kappa shape index (κ2) is 7.43. The molecular weight excluding hydrogens is 379 g/mol. The molecule has 3 rings (SSSR count). The van der Waals surface area contributed by atoms with Crippen molar-refractivity contribution in [2.45, 2.75) is 29.2 Å². The molecule has 9 heteroatoms. The van der Waals surface area contributed by atoms with Crippen molar-refractivity contribution in [1.82, 2.24) is 9.03 Å². The molecule has 26 heavy (non-hydrogen) atoms. The molecule has 6 nitrogen and oxygen atoms in total. The standard InChI is InChI=1S/C17H19FN2O4S2/c18-15-5-9-16(10-6-15)25(21,22)19-13-14-3-7-17(8-4-14)26(23,24)20-11-1-2-12-20/h3-10,19H,1-2,11-13H2.